The maximum absolute atomic E-state index is 12.0. The zero-order chi connectivity index (χ0) is 9.52. The van der Waals surface area contributed by atoms with Crippen molar-refractivity contribution in [1.82, 2.24) is 4.90 Å². The van der Waals surface area contributed by atoms with Crippen molar-refractivity contribution < 1.29 is 9.50 Å². The van der Waals surface area contributed by atoms with E-state index in [1.54, 1.807) is 0 Å². The van der Waals surface area contributed by atoms with Gasteiger partial charge < -0.3 is 5.11 Å². The topological polar surface area (TPSA) is 23.5 Å². The highest BCUT2D eigenvalue weighted by atomic mass is 19.1. The fourth-order valence-corrected chi connectivity index (χ4v) is 2.00. The maximum atomic E-state index is 12.0. The molecule has 2 nitrogen and oxygen atoms in total. The molecule has 1 heterocycles. The number of nitrogens with zero attached hydrogens (tertiary/aromatic N) is 1. The Bertz CT molecular complexity index is 132. The number of hydrogen-bond donors (Lipinski definition) is 1. The summed E-state index contributed by atoms with van der Waals surface area (Å²) in [6, 6.07) is 0.286. The Labute approximate surface area is 79.7 Å². The van der Waals surface area contributed by atoms with Gasteiger partial charge in [0.25, 0.3) is 0 Å². The number of likely N-dealkylation sites (tertiary alicyclic amines) is 1. The lowest BCUT2D eigenvalue weighted by molar-refractivity contribution is 0.121. The van der Waals surface area contributed by atoms with E-state index in [2.05, 4.69) is 4.90 Å². The summed E-state index contributed by atoms with van der Waals surface area (Å²) in [5.41, 5.74) is 0. The van der Waals surface area contributed by atoms with E-state index in [4.69, 9.17) is 5.11 Å². The first-order valence-corrected chi connectivity index (χ1v) is 5.29. The summed E-state index contributed by atoms with van der Waals surface area (Å²) >= 11 is 0. The van der Waals surface area contributed by atoms with Gasteiger partial charge in [0, 0.05) is 12.6 Å². The third-order valence-corrected chi connectivity index (χ3v) is 2.79. The predicted molar refractivity (Wildman–Crippen MR) is 51.5 cm³/mol. The van der Waals surface area contributed by atoms with Crippen molar-refractivity contribution in [3.05, 3.63) is 0 Å². The fourth-order valence-electron chi connectivity index (χ4n) is 2.00. The van der Waals surface area contributed by atoms with Crippen LogP contribution in [0, 0.1) is 0 Å². The lowest BCUT2D eigenvalue weighted by Gasteiger charge is -2.27. The summed E-state index contributed by atoms with van der Waals surface area (Å²) < 4.78 is 12.0. The van der Waals surface area contributed by atoms with Gasteiger partial charge >= 0.3 is 0 Å². The van der Waals surface area contributed by atoms with Crippen LogP contribution in [0.4, 0.5) is 4.39 Å². The Hall–Kier alpha value is -0.150. The maximum Gasteiger partial charge on any atom is 0.0906 e. The van der Waals surface area contributed by atoms with Crippen LogP contribution in [-0.4, -0.2) is 42.4 Å². The van der Waals surface area contributed by atoms with E-state index < -0.39 is 0 Å². The minimum Gasteiger partial charge on any atom is -0.395 e. The minimum absolute atomic E-state index is 0.228. The Morgan fingerprint density at radius 3 is 2.85 bits per heavy atom. The quantitative estimate of drug-likeness (QED) is 0.726. The molecule has 13 heavy (non-hydrogen) atoms. The number of aliphatic hydroxyl groups is 1. The van der Waals surface area contributed by atoms with E-state index in [-0.39, 0.29) is 19.3 Å². The molecule has 1 saturated heterocycles. The van der Waals surface area contributed by atoms with Crippen molar-refractivity contribution in [3.63, 3.8) is 0 Å². The molecular weight excluding hydrogens is 169 g/mol. The van der Waals surface area contributed by atoms with Gasteiger partial charge in [0.2, 0.25) is 0 Å². The zero-order valence-electron chi connectivity index (χ0n) is 8.21. The highest BCUT2D eigenvalue weighted by molar-refractivity contribution is 4.74. The Morgan fingerprint density at radius 2 is 2.15 bits per heavy atom. The zero-order valence-corrected chi connectivity index (χ0v) is 8.21. The van der Waals surface area contributed by atoms with E-state index in [0.29, 0.717) is 6.42 Å². The highest BCUT2D eigenvalue weighted by Gasteiger charge is 2.19. The average Bonchev–Trinajstić information content (AvgIpc) is 2.39. The lowest BCUT2D eigenvalue weighted by Crippen LogP contribution is -2.38. The van der Waals surface area contributed by atoms with Gasteiger partial charge in [-0.25, -0.2) is 0 Å². The van der Waals surface area contributed by atoms with Crippen LogP contribution in [0.2, 0.25) is 0 Å². The minimum atomic E-state index is -0.241. The van der Waals surface area contributed by atoms with E-state index in [9.17, 15) is 4.39 Å². The Balaban J connectivity index is 2.34. The first-order chi connectivity index (χ1) is 6.38. The summed E-state index contributed by atoms with van der Waals surface area (Å²) in [5.74, 6) is 0. The standard InChI is InChI=1S/C10H20FNO/c11-6-4-8-12-7-3-1-2-5-10(12)9-13/h10,13H,1-9H2. The molecule has 78 valence electrons. The number of hydrogen-bond acceptors (Lipinski definition) is 2. The van der Waals surface area contributed by atoms with Crippen LogP contribution in [0.25, 0.3) is 0 Å². The summed E-state index contributed by atoms with van der Waals surface area (Å²) in [4.78, 5) is 2.24. The molecule has 1 rings (SSSR count). The van der Waals surface area contributed by atoms with Crippen LogP contribution in [0.5, 0.6) is 0 Å². The molecule has 1 aliphatic heterocycles. The van der Waals surface area contributed by atoms with Crippen LogP contribution in [0.3, 0.4) is 0 Å². The molecule has 1 fully saturated rings. The average molecular weight is 189 g/mol. The van der Waals surface area contributed by atoms with Crippen molar-refractivity contribution in [2.75, 3.05) is 26.4 Å². The van der Waals surface area contributed by atoms with Crippen molar-refractivity contribution in [2.24, 2.45) is 0 Å². The summed E-state index contributed by atoms with van der Waals surface area (Å²) in [6.45, 7) is 1.83. The molecule has 1 atom stereocenters. The van der Waals surface area contributed by atoms with Crippen molar-refractivity contribution in [1.29, 1.82) is 0 Å². The number of rotatable bonds is 4. The van der Waals surface area contributed by atoms with Gasteiger partial charge in [0.05, 0.1) is 13.3 Å². The summed E-state index contributed by atoms with van der Waals surface area (Å²) in [5, 5.41) is 9.15. The van der Waals surface area contributed by atoms with Gasteiger partial charge in [-0.15, -0.1) is 0 Å². The normalized spacial score (nSPS) is 25.8. The van der Waals surface area contributed by atoms with E-state index >= 15 is 0 Å². The highest BCUT2D eigenvalue weighted by Crippen LogP contribution is 2.16. The van der Waals surface area contributed by atoms with Crippen LogP contribution in [0.1, 0.15) is 32.1 Å². The van der Waals surface area contributed by atoms with Crippen LogP contribution < -0.4 is 0 Å². The molecule has 0 aromatic heterocycles. The number of halogens is 1. The van der Waals surface area contributed by atoms with Gasteiger partial charge in [-0.3, -0.25) is 9.29 Å². The Kier molecular flexibility index (Phi) is 5.32. The second-order valence-electron chi connectivity index (χ2n) is 3.76. The molecule has 0 aromatic carbocycles. The van der Waals surface area contributed by atoms with Crippen LogP contribution >= 0.6 is 0 Å². The lowest BCUT2D eigenvalue weighted by atomic mass is 10.1. The van der Waals surface area contributed by atoms with E-state index in [1.165, 1.54) is 19.3 Å². The molecule has 1 N–H and O–H groups in total. The van der Waals surface area contributed by atoms with Gasteiger partial charge in [-0.1, -0.05) is 12.8 Å². The molecule has 0 aromatic rings. The molecule has 0 amide bonds. The second-order valence-corrected chi connectivity index (χ2v) is 3.76. The molecule has 1 unspecified atom stereocenters. The second kappa shape index (κ2) is 6.33. The molecular formula is C10H20FNO. The SMILES string of the molecule is OCC1CCCCCN1CCCF. The molecule has 0 aliphatic carbocycles. The molecule has 0 bridgehead atoms. The van der Waals surface area contributed by atoms with E-state index in [0.717, 1.165) is 19.5 Å². The number of aliphatic hydroxyl groups excluding tert-OH is 1. The van der Waals surface area contributed by atoms with Crippen molar-refractivity contribution in [3.8, 4) is 0 Å². The van der Waals surface area contributed by atoms with E-state index in [1.807, 2.05) is 0 Å². The van der Waals surface area contributed by atoms with Gasteiger partial charge in [-0.05, 0) is 25.8 Å². The molecule has 1 aliphatic rings. The molecule has 0 saturated carbocycles. The van der Waals surface area contributed by atoms with Crippen LogP contribution in [0.15, 0.2) is 0 Å². The molecule has 3 heteroatoms. The first-order valence-electron chi connectivity index (χ1n) is 5.29. The van der Waals surface area contributed by atoms with Crippen molar-refractivity contribution >= 4 is 0 Å². The molecule has 0 radical (unpaired) electrons. The van der Waals surface area contributed by atoms with Gasteiger partial charge in [-0.2, -0.15) is 0 Å². The van der Waals surface area contributed by atoms with Crippen molar-refractivity contribution in [2.45, 2.75) is 38.1 Å². The van der Waals surface area contributed by atoms with Gasteiger partial charge in [0.1, 0.15) is 0 Å². The monoisotopic (exact) mass is 189 g/mol. The number of alkyl halides is 1. The fraction of sp³-hybridized carbons (Fsp3) is 1.00. The first kappa shape index (κ1) is 10.9. The third kappa shape index (κ3) is 3.61. The summed E-state index contributed by atoms with van der Waals surface area (Å²) in [6.07, 6.45) is 5.34. The largest absolute Gasteiger partial charge is 0.395 e. The van der Waals surface area contributed by atoms with Gasteiger partial charge in [0.15, 0.2) is 0 Å². The third-order valence-electron chi connectivity index (χ3n) is 2.79. The predicted octanol–water partition coefficient (Wildman–Crippen LogP) is 1.58. The molecule has 0 spiro atoms. The summed E-state index contributed by atoms with van der Waals surface area (Å²) in [7, 11) is 0. The smallest absolute Gasteiger partial charge is 0.0906 e. The Morgan fingerprint density at radius 1 is 1.31 bits per heavy atom. The van der Waals surface area contributed by atoms with Crippen LogP contribution in [-0.2, 0) is 0 Å².